The van der Waals surface area contributed by atoms with Crippen LogP contribution in [0.15, 0.2) is 30.3 Å². The van der Waals surface area contributed by atoms with E-state index in [1.54, 1.807) is 0 Å². The van der Waals surface area contributed by atoms with Gasteiger partial charge in [-0.1, -0.05) is 18.2 Å². The van der Waals surface area contributed by atoms with Crippen LogP contribution >= 0.6 is 0 Å². The number of carbonyl (C=O) groups is 1. The Balaban J connectivity index is 1.38. The molecule has 0 radical (unpaired) electrons. The van der Waals surface area contributed by atoms with Crippen LogP contribution in [0.3, 0.4) is 0 Å². The zero-order valence-corrected chi connectivity index (χ0v) is 15.6. The van der Waals surface area contributed by atoms with E-state index in [0.29, 0.717) is 12.0 Å². The molecular formula is C20H31N3O2. The molecule has 138 valence electrons. The number of carbonyl (C=O) groups excluding carboxylic acids is 1. The normalized spacial score (nSPS) is 23.6. The number of piperazine rings is 1. The molecule has 1 amide bonds. The maximum atomic E-state index is 12.3. The maximum Gasteiger partial charge on any atom is 0.260 e. The lowest BCUT2D eigenvalue weighted by Crippen LogP contribution is -2.52. The second-order valence-electron chi connectivity index (χ2n) is 7.53. The van der Waals surface area contributed by atoms with Gasteiger partial charge in [-0.3, -0.25) is 9.69 Å². The molecule has 5 nitrogen and oxygen atoms in total. The summed E-state index contributed by atoms with van der Waals surface area (Å²) in [5, 5.41) is 0. The van der Waals surface area contributed by atoms with Crippen LogP contribution in [-0.2, 0) is 4.79 Å². The summed E-state index contributed by atoms with van der Waals surface area (Å²) in [6.45, 7) is 8.87. The third-order valence-electron chi connectivity index (χ3n) is 5.53. The number of amides is 1. The SMILES string of the molecule is CC1CN(C)CCN1CC1CCN(C(=O)COc2ccccc2)CC1. The second-order valence-corrected chi connectivity index (χ2v) is 7.53. The summed E-state index contributed by atoms with van der Waals surface area (Å²) in [5.74, 6) is 1.58. The monoisotopic (exact) mass is 345 g/mol. The average molecular weight is 345 g/mol. The highest BCUT2D eigenvalue weighted by molar-refractivity contribution is 5.77. The van der Waals surface area contributed by atoms with Crippen molar-refractivity contribution >= 4 is 5.91 Å². The first kappa shape index (κ1) is 18.2. The number of piperidine rings is 1. The standard InChI is InChI=1S/C20H31N3O2/c1-17-14-21(2)12-13-23(17)15-18-8-10-22(11-9-18)20(24)16-25-19-6-4-3-5-7-19/h3-7,17-18H,8-16H2,1-2H3. The summed E-state index contributed by atoms with van der Waals surface area (Å²) in [7, 11) is 2.20. The van der Waals surface area contributed by atoms with Gasteiger partial charge in [-0.25, -0.2) is 0 Å². The van der Waals surface area contributed by atoms with Crippen LogP contribution in [0, 0.1) is 5.92 Å². The second kappa shape index (κ2) is 8.68. The van der Waals surface area contributed by atoms with Crippen LogP contribution in [0.4, 0.5) is 0 Å². The zero-order valence-electron chi connectivity index (χ0n) is 15.6. The fraction of sp³-hybridized carbons (Fsp3) is 0.650. The summed E-state index contributed by atoms with van der Waals surface area (Å²) in [6, 6.07) is 10.2. The minimum absolute atomic E-state index is 0.107. The van der Waals surface area contributed by atoms with E-state index in [1.807, 2.05) is 35.2 Å². The predicted octanol–water partition coefficient (Wildman–Crippen LogP) is 1.94. The van der Waals surface area contributed by atoms with Crippen LogP contribution in [0.25, 0.3) is 0 Å². The van der Waals surface area contributed by atoms with Crippen molar-refractivity contribution in [2.45, 2.75) is 25.8 Å². The van der Waals surface area contributed by atoms with E-state index in [2.05, 4.69) is 23.8 Å². The van der Waals surface area contributed by atoms with E-state index in [0.717, 1.165) is 38.2 Å². The number of ether oxygens (including phenoxy) is 1. The van der Waals surface area contributed by atoms with E-state index in [9.17, 15) is 4.79 Å². The third-order valence-corrected chi connectivity index (χ3v) is 5.53. The molecule has 0 N–H and O–H groups in total. The van der Waals surface area contributed by atoms with Gasteiger partial charge >= 0.3 is 0 Å². The number of likely N-dealkylation sites (N-methyl/N-ethyl adjacent to an activating group) is 1. The summed E-state index contributed by atoms with van der Waals surface area (Å²) in [4.78, 5) is 19.3. The number of hydrogen-bond acceptors (Lipinski definition) is 4. The van der Waals surface area contributed by atoms with Gasteiger partial charge in [0.15, 0.2) is 6.61 Å². The fourth-order valence-electron chi connectivity index (χ4n) is 3.90. The number of para-hydroxylation sites is 1. The number of rotatable bonds is 5. The molecule has 0 saturated carbocycles. The van der Waals surface area contributed by atoms with Crippen LogP contribution in [0.1, 0.15) is 19.8 Å². The molecule has 2 saturated heterocycles. The van der Waals surface area contributed by atoms with Crippen molar-refractivity contribution in [3.8, 4) is 5.75 Å². The van der Waals surface area contributed by atoms with E-state index in [1.165, 1.54) is 19.6 Å². The van der Waals surface area contributed by atoms with Gasteiger partial charge in [-0.2, -0.15) is 0 Å². The Bertz CT molecular complexity index is 543. The zero-order chi connectivity index (χ0) is 17.6. The van der Waals surface area contributed by atoms with Crippen LogP contribution in [0.5, 0.6) is 5.75 Å². The van der Waals surface area contributed by atoms with Gasteiger partial charge in [0.05, 0.1) is 0 Å². The molecule has 0 bridgehead atoms. The van der Waals surface area contributed by atoms with Gasteiger partial charge in [-0.15, -0.1) is 0 Å². The van der Waals surface area contributed by atoms with Crippen molar-refractivity contribution < 1.29 is 9.53 Å². The molecule has 2 aliphatic rings. The minimum Gasteiger partial charge on any atom is -0.484 e. The van der Waals surface area contributed by atoms with Crippen LogP contribution < -0.4 is 4.74 Å². The van der Waals surface area contributed by atoms with Crippen molar-refractivity contribution in [3.63, 3.8) is 0 Å². The van der Waals surface area contributed by atoms with E-state index in [-0.39, 0.29) is 12.5 Å². The van der Waals surface area contributed by atoms with Gasteiger partial charge in [0.25, 0.3) is 5.91 Å². The molecule has 2 heterocycles. The smallest absolute Gasteiger partial charge is 0.260 e. The maximum absolute atomic E-state index is 12.3. The molecular weight excluding hydrogens is 314 g/mol. The number of nitrogens with zero attached hydrogens (tertiary/aromatic N) is 3. The summed E-state index contributed by atoms with van der Waals surface area (Å²) < 4.78 is 5.59. The van der Waals surface area contributed by atoms with E-state index in [4.69, 9.17) is 4.74 Å². The number of likely N-dealkylation sites (tertiary alicyclic amines) is 1. The molecule has 0 spiro atoms. The lowest BCUT2D eigenvalue weighted by atomic mass is 9.95. The van der Waals surface area contributed by atoms with Crippen LogP contribution in [0.2, 0.25) is 0 Å². The third kappa shape index (κ3) is 5.19. The molecule has 1 atom stereocenters. The largest absolute Gasteiger partial charge is 0.484 e. The molecule has 1 unspecified atom stereocenters. The van der Waals surface area contributed by atoms with Crippen molar-refractivity contribution in [3.05, 3.63) is 30.3 Å². The Hall–Kier alpha value is -1.59. The Kier molecular flexibility index (Phi) is 6.32. The van der Waals surface area contributed by atoms with Crippen molar-refractivity contribution in [2.24, 2.45) is 5.92 Å². The van der Waals surface area contributed by atoms with Gasteiger partial charge in [0.1, 0.15) is 5.75 Å². The van der Waals surface area contributed by atoms with E-state index >= 15 is 0 Å². The Morgan fingerprint density at radius 2 is 1.84 bits per heavy atom. The molecule has 3 rings (SSSR count). The molecule has 5 heteroatoms. The highest BCUT2D eigenvalue weighted by Gasteiger charge is 2.28. The van der Waals surface area contributed by atoms with E-state index < -0.39 is 0 Å². The van der Waals surface area contributed by atoms with Crippen molar-refractivity contribution in [1.82, 2.24) is 14.7 Å². The topological polar surface area (TPSA) is 36.0 Å². The Labute approximate surface area is 151 Å². The van der Waals surface area contributed by atoms with Gasteiger partial charge in [0, 0.05) is 45.3 Å². The fourth-order valence-corrected chi connectivity index (χ4v) is 3.90. The van der Waals surface area contributed by atoms with Gasteiger partial charge in [-0.05, 0) is 44.9 Å². The van der Waals surface area contributed by atoms with Gasteiger partial charge < -0.3 is 14.5 Å². The molecule has 1 aromatic rings. The predicted molar refractivity (Wildman–Crippen MR) is 99.8 cm³/mol. The van der Waals surface area contributed by atoms with Crippen molar-refractivity contribution in [1.29, 1.82) is 0 Å². The molecule has 0 aromatic heterocycles. The lowest BCUT2D eigenvalue weighted by molar-refractivity contribution is -0.134. The summed E-state index contributed by atoms with van der Waals surface area (Å²) in [5.41, 5.74) is 0. The number of benzene rings is 1. The Morgan fingerprint density at radius 1 is 1.12 bits per heavy atom. The molecule has 0 aliphatic carbocycles. The van der Waals surface area contributed by atoms with Crippen LogP contribution in [-0.4, -0.2) is 79.6 Å². The molecule has 2 aliphatic heterocycles. The first-order valence-electron chi connectivity index (χ1n) is 9.50. The summed E-state index contributed by atoms with van der Waals surface area (Å²) >= 11 is 0. The van der Waals surface area contributed by atoms with Gasteiger partial charge in [0.2, 0.25) is 0 Å². The lowest BCUT2D eigenvalue weighted by Gasteiger charge is -2.41. The highest BCUT2D eigenvalue weighted by Crippen LogP contribution is 2.21. The Morgan fingerprint density at radius 3 is 2.52 bits per heavy atom. The molecule has 1 aromatic carbocycles. The quantitative estimate of drug-likeness (QED) is 0.817. The highest BCUT2D eigenvalue weighted by atomic mass is 16.5. The minimum atomic E-state index is 0.107. The first-order chi connectivity index (χ1) is 12.1. The molecule has 25 heavy (non-hydrogen) atoms. The molecule has 2 fully saturated rings. The average Bonchev–Trinajstić information content (AvgIpc) is 2.63. The van der Waals surface area contributed by atoms with Crippen molar-refractivity contribution in [2.75, 3.05) is 52.9 Å². The first-order valence-corrected chi connectivity index (χ1v) is 9.50. The summed E-state index contributed by atoms with van der Waals surface area (Å²) in [6.07, 6.45) is 2.21. The number of hydrogen-bond donors (Lipinski definition) is 0.